The predicted molar refractivity (Wildman–Crippen MR) is 442 cm³/mol. The molecular weight excluding hydrogens is 1950 g/mol. The lowest BCUT2D eigenvalue weighted by atomic mass is 9.94. The van der Waals surface area contributed by atoms with Gasteiger partial charge in [-0.05, 0) is 11.9 Å². The molecule has 4 N–H and O–H groups in total. The molecule has 37 atom stereocenters. The van der Waals surface area contributed by atoms with Crippen LogP contribution in [0.1, 0.15) is 132 Å². The van der Waals surface area contributed by atoms with Crippen molar-refractivity contribution in [3.63, 3.8) is 0 Å². The number of rotatable bonds is 40. The number of nitrogens with one attached hydrogen (secondary N) is 1. The zero-order valence-electron chi connectivity index (χ0n) is 80.4. The molecule has 0 aromatic heterocycles. The van der Waals surface area contributed by atoms with Crippen LogP contribution in [-0.4, -0.2) is 415 Å². The van der Waals surface area contributed by atoms with Crippen molar-refractivity contribution < 1.29 is 267 Å². The summed E-state index contributed by atoms with van der Waals surface area (Å²) in [6.45, 7) is 9.65. The minimum Gasteiger partial charge on any atom is -0.463 e. The van der Waals surface area contributed by atoms with Crippen LogP contribution >= 0.6 is 11.9 Å². The van der Waals surface area contributed by atoms with Gasteiger partial charge in [0.15, 0.2) is 159 Å². The average Bonchev–Trinajstić information content (AvgIpc) is 0.759. The van der Waals surface area contributed by atoms with E-state index in [9.17, 15) is 106 Å². The SMILES string of the molecule is CO[C@H]1O[C@H](CNS[C@@H]2O[C@H](COC(C)=O)[C@@H](O[C@@H]3O[C@H](CO[C@H]4OC[C@@H](OC(C)=O)[C@H](OC(C)=O)[C@H]4OC(C)=O)[C@@H](O[C@@H]4O[C@H](CO[C@H]5OC[C@@H](OC(C)=O)[C@H](OC(C)=O)[C@H]5OC(C)=O)[C@@H](O[C@@H]5O[C@H](CO[C@H]6OC[C@@H](OC(C)=O)[C@H](OC(C)=O)[C@H]6OC(C)=O)[C@@H](OC(C)=O)[C@H](OC(C)=O)[C@H]5OC(C)=O)[C@H](OC(C)=O)[C@H]4OC(C)=O)[C@H](OC(C)=O)[C@H]3OC(C)=O)[C@H](OC(C)=O)[C@H]2OC(C)=O)[C@@H](O)[C@H](O)[C@H]1O. The minimum absolute atomic E-state index is 0.461. The monoisotopic (exact) mass is 2070 g/mol. The van der Waals surface area contributed by atoms with Gasteiger partial charge in [-0.3, -0.25) is 95.8 Å². The molecule has 58 heteroatoms. The van der Waals surface area contributed by atoms with E-state index >= 15 is 0 Å². The Morgan fingerprint density at radius 1 is 0.239 bits per heavy atom. The van der Waals surface area contributed by atoms with E-state index in [1.807, 2.05) is 0 Å². The summed E-state index contributed by atoms with van der Waals surface area (Å²) in [6.07, 6.45) is -73.7. The van der Waals surface area contributed by atoms with Gasteiger partial charge in [-0.2, -0.15) is 0 Å². The standard InChI is InChI=1S/C84H117NO56S/c1-29(86)109-22-55-62(69(126-40(12)97)76(133-47(19)104)84(138-55)142-85-21-48-56(105)57(106)58(107)77(108-20)134-48)141-83-75(132-46(18)103)68(125-39(11)96)61(54(137-83)28-115-80-72(129-43(15)100)65(122-36(8)93)51(25-112-80)118-32(4)89)140-82-74(131-45(17)102)67(124-38(10)95)60(53(136-82)27-114-79-71(128-42(14)99)64(121-35(7)92)50(24-111-79)117-31(3)88)139-81-73(130-44(16)101)66(123-37(9)94)59(119-33(5)90)52(135-81)26-113-78-70(127-41(13)98)63(120-34(6)91)49(23-110-78)116-30(2)87/h48-85,105-107H,21-28H2,1-20H3/t48-,49-,50-,51-,52-,53-,54-,55-,56-,57+,58-,59-,60-,61-,62-,63+,64+,65+,66+,67+,68+,69+,70-,71-,72-,73-,74-,75-,76-,77+,78-,79-,80-,81+,82+,83+,84+/m1/s1. The lowest BCUT2D eigenvalue weighted by Crippen LogP contribution is -2.70. The molecule has 0 aromatic rings. The number of carbonyl (C=O) groups is 19. The van der Waals surface area contributed by atoms with Crippen LogP contribution < -0.4 is 4.72 Å². The zero-order chi connectivity index (χ0) is 105. The molecule has 0 radical (unpaired) electrons. The first kappa shape index (κ1) is 117. The van der Waals surface area contributed by atoms with Crippen molar-refractivity contribution in [3.05, 3.63) is 0 Å². The Hall–Kier alpha value is -10.5. The first-order valence-corrected chi connectivity index (χ1v) is 44.7. The summed E-state index contributed by atoms with van der Waals surface area (Å²) in [5, 5.41) is 32.3. The van der Waals surface area contributed by atoms with Crippen molar-refractivity contribution in [2.75, 3.05) is 59.9 Å². The fourth-order valence-corrected chi connectivity index (χ4v) is 17.1. The lowest BCUT2D eigenvalue weighted by Gasteiger charge is -2.51. The van der Waals surface area contributed by atoms with Gasteiger partial charge in [-0.25, -0.2) is 0 Å². The fourth-order valence-electron chi connectivity index (χ4n) is 16.2. The Kier molecular flexibility index (Phi) is 44.3. The third-order valence-electron chi connectivity index (χ3n) is 21.0. The Morgan fingerprint density at radius 3 is 0.754 bits per heavy atom. The molecule has 0 bridgehead atoms. The molecule has 8 saturated heterocycles. The molecule has 8 aliphatic rings. The minimum atomic E-state index is -2.63. The fraction of sp³-hybridized carbons (Fsp3) is 0.774. The average molecular weight is 2070 g/mol. The van der Waals surface area contributed by atoms with E-state index < -0.39 is 393 Å². The molecular formula is C84H117NO56S. The van der Waals surface area contributed by atoms with Gasteiger partial charge in [0.25, 0.3) is 0 Å². The quantitative estimate of drug-likeness (QED) is 0.0254. The second-order valence-electron chi connectivity index (χ2n) is 32.7. The van der Waals surface area contributed by atoms with E-state index in [1.165, 1.54) is 0 Å². The van der Waals surface area contributed by atoms with E-state index in [1.54, 1.807) is 0 Å². The Labute approximate surface area is 812 Å². The summed E-state index contributed by atoms with van der Waals surface area (Å²) in [5.41, 5.74) is -1.68. The van der Waals surface area contributed by atoms with Crippen molar-refractivity contribution in [2.45, 2.75) is 358 Å². The van der Waals surface area contributed by atoms with Crippen LogP contribution in [0.4, 0.5) is 0 Å². The first-order valence-electron chi connectivity index (χ1n) is 43.9. The Morgan fingerprint density at radius 2 is 0.472 bits per heavy atom. The van der Waals surface area contributed by atoms with Crippen LogP contribution in [0.5, 0.6) is 0 Å². The number of ether oxygens (including phenoxy) is 34. The van der Waals surface area contributed by atoms with E-state index in [4.69, 9.17) is 161 Å². The molecule has 0 amide bonds. The first-order chi connectivity index (χ1) is 66.7. The molecule has 8 aliphatic heterocycles. The van der Waals surface area contributed by atoms with Gasteiger partial charge in [0.05, 0.1) is 39.6 Å². The van der Waals surface area contributed by atoms with Crippen molar-refractivity contribution in [1.82, 2.24) is 4.72 Å². The zero-order valence-corrected chi connectivity index (χ0v) is 81.2. The summed E-state index contributed by atoms with van der Waals surface area (Å²) < 4.78 is 207. The number of hydrogen-bond donors (Lipinski definition) is 4. The summed E-state index contributed by atoms with van der Waals surface area (Å²) >= 11 is 0.545. The van der Waals surface area contributed by atoms with E-state index in [0.717, 1.165) is 139 Å². The van der Waals surface area contributed by atoms with Gasteiger partial charge in [-0.15, -0.1) is 0 Å². The van der Waals surface area contributed by atoms with Crippen LogP contribution in [-0.2, 0) is 252 Å². The maximum atomic E-state index is 14.3. The maximum absolute atomic E-state index is 14.3. The van der Waals surface area contributed by atoms with Gasteiger partial charge in [0.2, 0.25) is 0 Å². The second kappa shape index (κ2) is 53.9. The Bertz CT molecular complexity index is 4420. The van der Waals surface area contributed by atoms with Crippen molar-refractivity contribution in [2.24, 2.45) is 0 Å². The summed E-state index contributed by atoms with van der Waals surface area (Å²) in [7, 11) is 1.13. The molecule has 8 fully saturated rings. The molecule has 142 heavy (non-hydrogen) atoms. The van der Waals surface area contributed by atoms with E-state index in [2.05, 4.69) is 4.72 Å². The highest BCUT2D eigenvalue weighted by molar-refractivity contribution is 7.97. The van der Waals surface area contributed by atoms with Crippen molar-refractivity contribution >= 4 is 125 Å². The van der Waals surface area contributed by atoms with Gasteiger partial charge in [0.1, 0.15) is 73.8 Å². The Balaban J connectivity index is 1.37. The van der Waals surface area contributed by atoms with Crippen molar-refractivity contribution in [1.29, 1.82) is 0 Å². The molecule has 8 rings (SSSR count). The molecule has 0 aliphatic carbocycles. The van der Waals surface area contributed by atoms with Crippen LogP contribution in [0.15, 0.2) is 0 Å². The third kappa shape index (κ3) is 33.5. The second-order valence-corrected chi connectivity index (χ2v) is 33.6. The normalized spacial score (nSPS) is 35.4. The van der Waals surface area contributed by atoms with E-state index in [-0.39, 0.29) is 0 Å². The molecule has 0 aromatic carbocycles. The number of aliphatic hydroxyl groups excluding tert-OH is 3. The topological polar surface area (TPSA) is 711 Å². The summed E-state index contributed by atoms with van der Waals surface area (Å²) in [4.78, 5) is 254. The number of carbonyl (C=O) groups excluding carboxylic acids is 19. The smallest absolute Gasteiger partial charge is 0.303 e. The molecule has 0 spiro atoms. The number of methoxy groups -OCH3 is 1. The van der Waals surface area contributed by atoms with Crippen LogP contribution in [0.3, 0.4) is 0 Å². The van der Waals surface area contributed by atoms with Gasteiger partial charge >= 0.3 is 113 Å². The van der Waals surface area contributed by atoms with E-state index in [0.29, 0.717) is 11.9 Å². The maximum Gasteiger partial charge on any atom is 0.303 e. The number of aliphatic hydroxyl groups is 3. The molecule has 0 unspecified atom stereocenters. The highest BCUT2D eigenvalue weighted by Gasteiger charge is 2.64. The van der Waals surface area contributed by atoms with Gasteiger partial charge in [0, 0.05) is 145 Å². The molecule has 0 saturated carbocycles. The summed E-state index contributed by atoms with van der Waals surface area (Å²) in [5.74, 6) is -21.8. The largest absolute Gasteiger partial charge is 0.463 e. The highest BCUT2D eigenvalue weighted by Crippen LogP contribution is 2.43. The lowest BCUT2D eigenvalue weighted by molar-refractivity contribution is -0.391. The number of hydrogen-bond acceptors (Lipinski definition) is 58. The van der Waals surface area contributed by atoms with Gasteiger partial charge in [-0.1, -0.05) is 0 Å². The van der Waals surface area contributed by atoms with Crippen LogP contribution in [0.25, 0.3) is 0 Å². The number of esters is 19. The molecule has 800 valence electrons. The van der Waals surface area contributed by atoms with Gasteiger partial charge < -0.3 is 176 Å². The highest BCUT2D eigenvalue weighted by atomic mass is 32.2. The molecule has 57 nitrogen and oxygen atoms in total. The molecule has 8 heterocycles. The van der Waals surface area contributed by atoms with Crippen LogP contribution in [0.2, 0.25) is 0 Å². The third-order valence-corrected chi connectivity index (χ3v) is 21.9. The van der Waals surface area contributed by atoms with Crippen molar-refractivity contribution in [3.8, 4) is 0 Å². The van der Waals surface area contributed by atoms with Crippen LogP contribution in [0, 0.1) is 0 Å². The predicted octanol–water partition coefficient (Wildman–Crippen LogP) is -4.81. The summed E-state index contributed by atoms with van der Waals surface area (Å²) in [6, 6.07) is 0.